The molecule has 0 radical (unpaired) electrons. The molecule has 132 valence electrons. The Balaban J connectivity index is 1.85. The molecule has 1 aromatic carbocycles. The lowest BCUT2D eigenvalue weighted by molar-refractivity contribution is -0.142. The van der Waals surface area contributed by atoms with E-state index < -0.39 is 0 Å². The number of nitrogens with zero attached hydrogens (tertiary/aromatic N) is 2. The van der Waals surface area contributed by atoms with Crippen LogP contribution in [0.25, 0.3) is 0 Å². The van der Waals surface area contributed by atoms with E-state index in [-0.39, 0.29) is 23.7 Å². The molecule has 1 aliphatic rings. The Morgan fingerprint density at radius 1 is 1.12 bits per heavy atom. The molecule has 24 heavy (non-hydrogen) atoms. The predicted octanol–water partition coefficient (Wildman–Crippen LogP) is 3.32. The molecule has 2 rings (SSSR count). The number of carbonyl (C=O) groups is 2. The average Bonchev–Trinajstić information content (AvgIpc) is 2.63. The Labute approximate surface area is 145 Å². The Bertz CT molecular complexity index is 532. The van der Waals surface area contributed by atoms with Crippen LogP contribution >= 0.6 is 0 Å². The Morgan fingerprint density at radius 3 is 2.25 bits per heavy atom. The number of benzene rings is 1. The van der Waals surface area contributed by atoms with Gasteiger partial charge in [0.15, 0.2) is 0 Å². The highest BCUT2D eigenvalue weighted by Gasteiger charge is 2.30. The summed E-state index contributed by atoms with van der Waals surface area (Å²) < 4.78 is 0. The van der Waals surface area contributed by atoms with E-state index >= 15 is 0 Å². The van der Waals surface area contributed by atoms with Gasteiger partial charge < -0.3 is 9.80 Å². The van der Waals surface area contributed by atoms with Crippen LogP contribution in [-0.4, -0.2) is 41.8 Å². The number of amides is 2. The van der Waals surface area contributed by atoms with Gasteiger partial charge in [-0.15, -0.1) is 0 Å². The van der Waals surface area contributed by atoms with E-state index in [1.54, 1.807) is 0 Å². The highest BCUT2D eigenvalue weighted by Crippen LogP contribution is 2.23. The number of rotatable bonds is 6. The van der Waals surface area contributed by atoms with Crippen LogP contribution in [0.2, 0.25) is 0 Å². The highest BCUT2D eigenvalue weighted by molar-refractivity contribution is 5.81. The second-order valence-corrected chi connectivity index (χ2v) is 6.79. The van der Waals surface area contributed by atoms with Gasteiger partial charge in [0.2, 0.25) is 11.8 Å². The molecule has 0 spiro atoms. The fraction of sp³-hybridized carbons (Fsp3) is 0.600. The zero-order valence-corrected chi connectivity index (χ0v) is 15.2. The smallest absolute Gasteiger partial charge is 0.225 e. The number of carbonyl (C=O) groups excluding carboxylic acids is 2. The van der Waals surface area contributed by atoms with Gasteiger partial charge in [0.1, 0.15) is 0 Å². The Hall–Kier alpha value is -1.84. The zero-order chi connectivity index (χ0) is 17.5. The molecular formula is C20H30N2O2. The lowest BCUT2D eigenvalue weighted by atomic mass is 9.93. The van der Waals surface area contributed by atoms with E-state index in [2.05, 4.69) is 13.8 Å². The molecule has 0 aliphatic carbocycles. The van der Waals surface area contributed by atoms with Crippen LogP contribution in [0.1, 0.15) is 45.1 Å². The topological polar surface area (TPSA) is 40.6 Å². The van der Waals surface area contributed by atoms with Gasteiger partial charge in [-0.2, -0.15) is 0 Å². The van der Waals surface area contributed by atoms with Crippen LogP contribution in [0.3, 0.4) is 0 Å². The zero-order valence-electron chi connectivity index (χ0n) is 15.2. The van der Waals surface area contributed by atoms with Gasteiger partial charge in [0, 0.05) is 38.5 Å². The molecule has 1 saturated heterocycles. The molecular weight excluding hydrogens is 300 g/mol. The molecule has 1 aromatic rings. The molecule has 0 aromatic heterocycles. The van der Waals surface area contributed by atoms with E-state index in [1.807, 2.05) is 47.2 Å². The third-order valence-corrected chi connectivity index (χ3v) is 5.13. The Morgan fingerprint density at radius 2 is 1.71 bits per heavy atom. The van der Waals surface area contributed by atoms with Crippen molar-refractivity contribution in [2.45, 2.75) is 46.1 Å². The molecule has 4 heteroatoms. The maximum Gasteiger partial charge on any atom is 0.225 e. The summed E-state index contributed by atoms with van der Waals surface area (Å²) in [5, 5.41) is 0. The summed E-state index contributed by atoms with van der Waals surface area (Å²) in [5.74, 6) is 0.652. The third-order valence-electron chi connectivity index (χ3n) is 5.13. The van der Waals surface area contributed by atoms with Crippen molar-refractivity contribution < 1.29 is 9.59 Å². The SMILES string of the molecule is CCC(CC)C(=O)N1CCC(C(=O)N(C)Cc2ccccc2)CC1. The summed E-state index contributed by atoms with van der Waals surface area (Å²) in [6.07, 6.45) is 3.36. The summed E-state index contributed by atoms with van der Waals surface area (Å²) in [7, 11) is 1.87. The van der Waals surface area contributed by atoms with Crippen molar-refractivity contribution in [3.05, 3.63) is 35.9 Å². The molecule has 0 N–H and O–H groups in total. The van der Waals surface area contributed by atoms with Crippen LogP contribution in [0.4, 0.5) is 0 Å². The van der Waals surface area contributed by atoms with Gasteiger partial charge in [-0.25, -0.2) is 0 Å². The minimum Gasteiger partial charge on any atom is -0.342 e. The fourth-order valence-electron chi connectivity index (χ4n) is 3.49. The van der Waals surface area contributed by atoms with E-state index in [1.165, 1.54) is 0 Å². The van der Waals surface area contributed by atoms with E-state index in [9.17, 15) is 9.59 Å². The van der Waals surface area contributed by atoms with Crippen molar-refractivity contribution >= 4 is 11.8 Å². The summed E-state index contributed by atoms with van der Waals surface area (Å²) in [6, 6.07) is 10.1. The molecule has 0 atom stereocenters. The first kappa shape index (κ1) is 18.5. The monoisotopic (exact) mass is 330 g/mol. The van der Waals surface area contributed by atoms with Crippen molar-refractivity contribution in [2.24, 2.45) is 11.8 Å². The summed E-state index contributed by atoms with van der Waals surface area (Å²) in [6.45, 7) is 6.21. The van der Waals surface area contributed by atoms with Crippen LogP contribution in [0.5, 0.6) is 0 Å². The van der Waals surface area contributed by atoms with Gasteiger partial charge in [-0.05, 0) is 31.2 Å². The number of hydrogen-bond acceptors (Lipinski definition) is 2. The van der Waals surface area contributed by atoms with E-state index in [4.69, 9.17) is 0 Å². The van der Waals surface area contributed by atoms with Gasteiger partial charge in [0.25, 0.3) is 0 Å². The first-order valence-electron chi connectivity index (χ1n) is 9.14. The predicted molar refractivity (Wildman–Crippen MR) is 96.3 cm³/mol. The molecule has 0 bridgehead atoms. The number of likely N-dealkylation sites (tertiary alicyclic amines) is 1. The minimum absolute atomic E-state index is 0.0458. The second kappa shape index (κ2) is 8.86. The summed E-state index contributed by atoms with van der Waals surface area (Å²) in [5.41, 5.74) is 1.15. The van der Waals surface area contributed by atoms with Crippen LogP contribution < -0.4 is 0 Å². The number of hydrogen-bond donors (Lipinski definition) is 0. The van der Waals surface area contributed by atoms with Crippen molar-refractivity contribution in [3.63, 3.8) is 0 Å². The van der Waals surface area contributed by atoms with Gasteiger partial charge in [-0.3, -0.25) is 9.59 Å². The lowest BCUT2D eigenvalue weighted by Crippen LogP contribution is -2.45. The molecule has 0 unspecified atom stereocenters. The Kier molecular flexibility index (Phi) is 6.83. The highest BCUT2D eigenvalue weighted by atomic mass is 16.2. The molecule has 1 fully saturated rings. The minimum atomic E-state index is 0.0458. The van der Waals surface area contributed by atoms with Crippen LogP contribution in [-0.2, 0) is 16.1 Å². The standard InChI is InChI=1S/C20H30N2O2/c1-4-17(5-2)20(24)22-13-11-18(12-14-22)19(23)21(3)15-16-9-7-6-8-10-16/h6-10,17-18H,4-5,11-15H2,1-3H3. The lowest BCUT2D eigenvalue weighted by Gasteiger charge is -2.35. The first-order valence-corrected chi connectivity index (χ1v) is 9.14. The largest absolute Gasteiger partial charge is 0.342 e. The van der Waals surface area contributed by atoms with Crippen molar-refractivity contribution in [2.75, 3.05) is 20.1 Å². The van der Waals surface area contributed by atoms with Crippen molar-refractivity contribution in [3.8, 4) is 0 Å². The average molecular weight is 330 g/mol. The van der Waals surface area contributed by atoms with Crippen molar-refractivity contribution in [1.29, 1.82) is 0 Å². The van der Waals surface area contributed by atoms with E-state index in [0.29, 0.717) is 19.6 Å². The second-order valence-electron chi connectivity index (χ2n) is 6.79. The van der Waals surface area contributed by atoms with Crippen LogP contribution in [0.15, 0.2) is 30.3 Å². The van der Waals surface area contributed by atoms with E-state index in [0.717, 1.165) is 31.2 Å². The van der Waals surface area contributed by atoms with Gasteiger partial charge >= 0.3 is 0 Å². The summed E-state index contributed by atoms with van der Waals surface area (Å²) >= 11 is 0. The summed E-state index contributed by atoms with van der Waals surface area (Å²) in [4.78, 5) is 28.9. The first-order chi connectivity index (χ1) is 11.6. The molecule has 2 amide bonds. The number of piperidine rings is 1. The maximum absolute atomic E-state index is 12.6. The van der Waals surface area contributed by atoms with Gasteiger partial charge in [0.05, 0.1) is 0 Å². The molecule has 4 nitrogen and oxygen atoms in total. The van der Waals surface area contributed by atoms with Gasteiger partial charge in [-0.1, -0.05) is 44.2 Å². The quantitative estimate of drug-likeness (QED) is 0.803. The normalized spacial score (nSPS) is 15.6. The fourth-order valence-corrected chi connectivity index (χ4v) is 3.49. The van der Waals surface area contributed by atoms with Crippen molar-refractivity contribution in [1.82, 2.24) is 9.80 Å². The molecule has 1 heterocycles. The molecule has 1 aliphatic heterocycles. The molecule has 0 saturated carbocycles. The van der Waals surface area contributed by atoms with Crippen LogP contribution in [0, 0.1) is 11.8 Å². The maximum atomic E-state index is 12.6. The third kappa shape index (κ3) is 4.59.